The number of hydrogen-bond donors (Lipinski definition) is 1. The Morgan fingerprint density at radius 3 is 1.36 bits per heavy atom. The summed E-state index contributed by atoms with van der Waals surface area (Å²) in [7, 11) is 0. The SMILES string of the molecule is CC(NC(C)c1ccc2ccccc2c1)c1ccc2ccccc2c1. The molecule has 1 N–H and O–H groups in total. The van der Waals surface area contributed by atoms with Gasteiger partial charge in [-0.15, -0.1) is 0 Å². The fourth-order valence-electron chi connectivity index (χ4n) is 3.52. The lowest BCUT2D eigenvalue weighted by molar-refractivity contribution is 0.495. The third-order valence-electron chi connectivity index (χ3n) is 5.05. The Morgan fingerprint density at radius 2 is 0.920 bits per heavy atom. The van der Waals surface area contributed by atoms with E-state index in [1.54, 1.807) is 0 Å². The molecule has 1 heteroatoms. The molecule has 124 valence electrons. The molecule has 0 aliphatic carbocycles. The van der Waals surface area contributed by atoms with Crippen LogP contribution in [0.1, 0.15) is 37.1 Å². The van der Waals surface area contributed by atoms with Crippen LogP contribution in [0.4, 0.5) is 0 Å². The second kappa shape index (κ2) is 6.70. The zero-order chi connectivity index (χ0) is 17.2. The lowest BCUT2D eigenvalue weighted by atomic mass is 9.99. The first-order valence-corrected chi connectivity index (χ1v) is 8.94. The molecule has 0 aliphatic rings. The maximum Gasteiger partial charge on any atom is 0.0297 e. The van der Waals surface area contributed by atoms with Gasteiger partial charge in [0.2, 0.25) is 0 Å². The standard InChI is InChI=1S/C24H23N/c1-17(21-13-11-19-7-3-5-9-23(19)15-21)25-18(2)22-14-12-20-8-4-6-10-24(20)16-22/h3-18,25H,1-2H3. The molecular weight excluding hydrogens is 302 g/mol. The summed E-state index contributed by atoms with van der Waals surface area (Å²) in [6.07, 6.45) is 0. The summed E-state index contributed by atoms with van der Waals surface area (Å²) < 4.78 is 0. The van der Waals surface area contributed by atoms with Gasteiger partial charge in [-0.3, -0.25) is 0 Å². The third kappa shape index (κ3) is 3.29. The van der Waals surface area contributed by atoms with Crippen molar-refractivity contribution >= 4 is 21.5 Å². The Hall–Kier alpha value is -2.64. The van der Waals surface area contributed by atoms with Gasteiger partial charge in [-0.1, -0.05) is 72.8 Å². The van der Waals surface area contributed by atoms with Gasteiger partial charge in [0.1, 0.15) is 0 Å². The molecule has 4 aromatic rings. The van der Waals surface area contributed by atoms with Crippen molar-refractivity contribution in [2.75, 3.05) is 0 Å². The first-order chi connectivity index (χ1) is 12.2. The van der Waals surface area contributed by atoms with Crippen molar-refractivity contribution in [2.45, 2.75) is 25.9 Å². The average Bonchev–Trinajstić information content (AvgIpc) is 2.67. The fraction of sp³-hybridized carbons (Fsp3) is 0.167. The normalized spacial score (nSPS) is 13.8. The maximum absolute atomic E-state index is 3.74. The summed E-state index contributed by atoms with van der Waals surface area (Å²) in [4.78, 5) is 0. The highest BCUT2D eigenvalue weighted by Gasteiger charge is 2.12. The molecule has 2 atom stereocenters. The third-order valence-corrected chi connectivity index (χ3v) is 5.05. The highest BCUT2D eigenvalue weighted by atomic mass is 14.9. The largest absolute Gasteiger partial charge is 0.304 e. The zero-order valence-electron chi connectivity index (χ0n) is 14.7. The topological polar surface area (TPSA) is 12.0 Å². The molecule has 0 aromatic heterocycles. The summed E-state index contributed by atoms with van der Waals surface area (Å²) >= 11 is 0. The monoisotopic (exact) mass is 325 g/mol. The Bertz CT molecular complexity index is 935. The van der Waals surface area contributed by atoms with Crippen molar-refractivity contribution in [3.8, 4) is 0 Å². The smallest absolute Gasteiger partial charge is 0.0297 e. The maximum atomic E-state index is 3.74. The summed E-state index contributed by atoms with van der Waals surface area (Å²) in [6.45, 7) is 4.48. The van der Waals surface area contributed by atoms with Gasteiger partial charge in [-0.25, -0.2) is 0 Å². The summed E-state index contributed by atoms with van der Waals surface area (Å²) in [5, 5.41) is 8.92. The Morgan fingerprint density at radius 1 is 0.520 bits per heavy atom. The van der Waals surface area contributed by atoms with Gasteiger partial charge >= 0.3 is 0 Å². The fourth-order valence-corrected chi connectivity index (χ4v) is 3.52. The van der Waals surface area contributed by atoms with Crippen molar-refractivity contribution in [3.05, 3.63) is 96.1 Å². The predicted molar refractivity (Wildman–Crippen MR) is 108 cm³/mol. The van der Waals surface area contributed by atoms with Crippen molar-refractivity contribution < 1.29 is 0 Å². The molecule has 0 bridgehead atoms. The van der Waals surface area contributed by atoms with E-state index in [2.05, 4.69) is 104 Å². The molecule has 0 aliphatic heterocycles. The molecule has 0 saturated heterocycles. The number of benzene rings is 4. The zero-order valence-corrected chi connectivity index (χ0v) is 14.7. The minimum atomic E-state index is 0.297. The highest BCUT2D eigenvalue weighted by Crippen LogP contribution is 2.25. The van der Waals surface area contributed by atoms with Crippen LogP contribution < -0.4 is 5.32 Å². The van der Waals surface area contributed by atoms with E-state index in [1.807, 2.05) is 0 Å². The number of hydrogen-bond acceptors (Lipinski definition) is 1. The van der Waals surface area contributed by atoms with E-state index in [0.717, 1.165) is 0 Å². The first kappa shape index (κ1) is 15.9. The molecule has 0 radical (unpaired) electrons. The molecular formula is C24H23N. The van der Waals surface area contributed by atoms with Gasteiger partial charge < -0.3 is 5.32 Å². The molecule has 4 rings (SSSR count). The van der Waals surface area contributed by atoms with E-state index < -0.39 is 0 Å². The molecule has 0 heterocycles. The molecule has 25 heavy (non-hydrogen) atoms. The van der Waals surface area contributed by atoms with Crippen LogP contribution in [0.5, 0.6) is 0 Å². The van der Waals surface area contributed by atoms with Crippen LogP contribution in [0.2, 0.25) is 0 Å². The van der Waals surface area contributed by atoms with Gasteiger partial charge in [0.25, 0.3) is 0 Å². The highest BCUT2D eigenvalue weighted by molar-refractivity contribution is 5.83. The Labute approximate surface area is 149 Å². The van der Waals surface area contributed by atoms with Gasteiger partial charge in [0, 0.05) is 12.1 Å². The molecule has 0 fully saturated rings. The molecule has 0 saturated carbocycles. The summed E-state index contributed by atoms with van der Waals surface area (Å²) in [6, 6.07) is 31.1. The van der Waals surface area contributed by atoms with Gasteiger partial charge in [0.15, 0.2) is 0 Å². The van der Waals surface area contributed by atoms with Crippen LogP contribution in [0.3, 0.4) is 0 Å². The lowest BCUT2D eigenvalue weighted by Crippen LogP contribution is -2.22. The Balaban J connectivity index is 1.56. The van der Waals surface area contributed by atoms with E-state index in [4.69, 9.17) is 0 Å². The minimum absolute atomic E-state index is 0.297. The first-order valence-electron chi connectivity index (χ1n) is 8.94. The predicted octanol–water partition coefficient (Wildman–Crippen LogP) is 6.40. The van der Waals surface area contributed by atoms with Crippen molar-refractivity contribution in [2.24, 2.45) is 0 Å². The molecule has 1 nitrogen and oxygen atoms in total. The van der Waals surface area contributed by atoms with Crippen LogP contribution in [-0.4, -0.2) is 0 Å². The van der Waals surface area contributed by atoms with E-state index in [1.165, 1.54) is 32.7 Å². The number of nitrogens with one attached hydrogen (secondary N) is 1. The van der Waals surface area contributed by atoms with E-state index in [-0.39, 0.29) is 0 Å². The summed E-state index contributed by atoms with van der Waals surface area (Å²) in [5.74, 6) is 0. The van der Waals surface area contributed by atoms with Gasteiger partial charge in [-0.05, 0) is 58.7 Å². The average molecular weight is 325 g/mol. The molecule has 2 unspecified atom stereocenters. The van der Waals surface area contributed by atoms with Crippen LogP contribution >= 0.6 is 0 Å². The van der Waals surface area contributed by atoms with E-state index >= 15 is 0 Å². The van der Waals surface area contributed by atoms with E-state index in [0.29, 0.717) is 12.1 Å². The molecule has 0 spiro atoms. The molecule has 4 aromatic carbocycles. The van der Waals surface area contributed by atoms with E-state index in [9.17, 15) is 0 Å². The van der Waals surface area contributed by atoms with Gasteiger partial charge in [0.05, 0.1) is 0 Å². The Kier molecular flexibility index (Phi) is 4.25. The van der Waals surface area contributed by atoms with Crippen molar-refractivity contribution in [1.82, 2.24) is 5.32 Å². The van der Waals surface area contributed by atoms with Crippen molar-refractivity contribution in [1.29, 1.82) is 0 Å². The minimum Gasteiger partial charge on any atom is -0.304 e. The van der Waals surface area contributed by atoms with Crippen LogP contribution in [0.15, 0.2) is 84.9 Å². The van der Waals surface area contributed by atoms with Crippen LogP contribution in [-0.2, 0) is 0 Å². The summed E-state index contributed by atoms with van der Waals surface area (Å²) in [5.41, 5.74) is 2.65. The number of rotatable bonds is 4. The second-order valence-corrected chi connectivity index (χ2v) is 6.82. The lowest BCUT2D eigenvalue weighted by Gasteiger charge is -2.21. The second-order valence-electron chi connectivity index (χ2n) is 6.82. The number of fused-ring (bicyclic) bond motifs is 2. The molecule has 0 amide bonds. The quantitative estimate of drug-likeness (QED) is 0.457. The van der Waals surface area contributed by atoms with Crippen LogP contribution in [0.25, 0.3) is 21.5 Å². The van der Waals surface area contributed by atoms with Crippen LogP contribution in [0, 0.1) is 0 Å². The van der Waals surface area contributed by atoms with Gasteiger partial charge in [-0.2, -0.15) is 0 Å². The van der Waals surface area contributed by atoms with Crippen molar-refractivity contribution in [3.63, 3.8) is 0 Å².